The number of amides is 1. The Hall–Kier alpha value is -1.35. The number of nitrogens with zero attached hydrogens (tertiary/aromatic N) is 1. The number of hydroxylamine groups is 2. The van der Waals surface area contributed by atoms with Crippen molar-refractivity contribution in [3.63, 3.8) is 0 Å². The number of rotatable bonds is 1. The summed E-state index contributed by atoms with van der Waals surface area (Å²) in [6, 6.07) is 7.98. The molecule has 1 aliphatic rings. The lowest BCUT2D eigenvalue weighted by Gasteiger charge is -2.19. The Morgan fingerprint density at radius 3 is 2.29 bits per heavy atom. The standard InChI is InChI=1S/C11H13NO2/c1-8(13)12(14)11-6-9-4-2-3-5-10(9)7-11/h2-5,11,14H,6-7H2,1H3. The number of hydrogen-bond donors (Lipinski definition) is 1. The summed E-state index contributed by atoms with van der Waals surface area (Å²) in [5, 5.41) is 10.3. The fourth-order valence-electron chi connectivity index (χ4n) is 1.97. The smallest absolute Gasteiger partial charge is 0.243 e. The van der Waals surface area contributed by atoms with E-state index in [1.165, 1.54) is 18.1 Å². The van der Waals surface area contributed by atoms with Gasteiger partial charge in [0.2, 0.25) is 5.91 Å². The van der Waals surface area contributed by atoms with Crippen molar-refractivity contribution < 1.29 is 10.0 Å². The van der Waals surface area contributed by atoms with E-state index in [1.807, 2.05) is 24.3 Å². The molecular weight excluding hydrogens is 178 g/mol. The lowest BCUT2D eigenvalue weighted by Crippen LogP contribution is -2.36. The van der Waals surface area contributed by atoms with Crippen molar-refractivity contribution in [1.29, 1.82) is 0 Å². The van der Waals surface area contributed by atoms with Crippen molar-refractivity contribution in [2.75, 3.05) is 0 Å². The Balaban J connectivity index is 2.15. The molecule has 1 aliphatic carbocycles. The van der Waals surface area contributed by atoms with Gasteiger partial charge in [-0.05, 0) is 24.0 Å². The average Bonchev–Trinajstić information content (AvgIpc) is 2.59. The molecule has 3 nitrogen and oxygen atoms in total. The fraction of sp³-hybridized carbons (Fsp3) is 0.364. The second-order valence-electron chi connectivity index (χ2n) is 3.69. The number of hydrogen-bond acceptors (Lipinski definition) is 2. The number of benzene rings is 1. The summed E-state index contributed by atoms with van der Waals surface area (Å²) in [7, 11) is 0. The zero-order chi connectivity index (χ0) is 10.1. The van der Waals surface area contributed by atoms with Crippen LogP contribution >= 0.6 is 0 Å². The van der Waals surface area contributed by atoms with Gasteiger partial charge < -0.3 is 0 Å². The molecule has 1 amide bonds. The molecule has 0 fully saturated rings. The van der Waals surface area contributed by atoms with Crippen LogP contribution in [0, 0.1) is 0 Å². The maximum atomic E-state index is 11.0. The SMILES string of the molecule is CC(=O)N(O)C1Cc2ccccc2C1. The highest BCUT2D eigenvalue weighted by Gasteiger charge is 2.27. The van der Waals surface area contributed by atoms with E-state index in [9.17, 15) is 10.0 Å². The lowest BCUT2D eigenvalue weighted by atomic mass is 10.1. The van der Waals surface area contributed by atoms with E-state index in [2.05, 4.69) is 0 Å². The molecule has 0 heterocycles. The van der Waals surface area contributed by atoms with Gasteiger partial charge in [-0.1, -0.05) is 24.3 Å². The van der Waals surface area contributed by atoms with E-state index < -0.39 is 0 Å². The predicted molar refractivity (Wildman–Crippen MR) is 51.9 cm³/mol. The van der Waals surface area contributed by atoms with Crippen LogP contribution in [0.4, 0.5) is 0 Å². The van der Waals surface area contributed by atoms with Gasteiger partial charge in [-0.25, -0.2) is 5.06 Å². The first kappa shape index (κ1) is 9.21. The molecule has 0 spiro atoms. The highest BCUT2D eigenvalue weighted by molar-refractivity contribution is 5.72. The van der Waals surface area contributed by atoms with Gasteiger partial charge in [0.05, 0.1) is 6.04 Å². The van der Waals surface area contributed by atoms with Crippen LogP contribution < -0.4 is 0 Å². The van der Waals surface area contributed by atoms with Crippen molar-refractivity contribution in [3.8, 4) is 0 Å². The van der Waals surface area contributed by atoms with Crippen molar-refractivity contribution >= 4 is 5.91 Å². The molecule has 74 valence electrons. The number of carbonyl (C=O) groups is 1. The molecule has 3 heteroatoms. The molecule has 1 aromatic rings. The zero-order valence-corrected chi connectivity index (χ0v) is 8.10. The first-order valence-corrected chi connectivity index (χ1v) is 4.74. The Kier molecular flexibility index (Phi) is 2.25. The number of fused-ring (bicyclic) bond motifs is 1. The largest absolute Gasteiger partial charge is 0.286 e. The maximum Gasteiger partial charge on any atom is 0.243 e. The van der Waals surface area contributed by atoms with Gasteiger partial charge in [0, 0.05) is 6.92 Å². The summed E-state index contributed by atoms with van der Waals surface area (Å²) >= 11 is 0. The van der Waals surface area contributed by atoms with Crippen LogP contribution in [-0.4, -0.2) is 22.2 Å². The van der Waals surface area contributed by atoms with Gasteiger partial charge in [0.1, 0.15) is 0 Å². The molecule has 0 bridgehead atoms. The van der Waals surface area contributed by atoms with Gasteiger partial charge in [-0.3, -0.25) is 10.0 Å². The van der Waals surface area contributed by atoms with Gasteiger partial charge in [-0.15, -0.1) is 0 Å². The van der Waals surface area contributed by atoms with Gasteiger partial charge in [0.25, 0.3) is 0 Å². The molecule has 1 N–H and O–H groups in total. The van der Waals surface area contributed by atoms with Crippen molar-refractivity contribution in [3.05, 3.63) is 35.4 Å². The van der Waals surface area contributed by atoms with E-state index in [4.69, 9.17) is 0 Å². The molecular formula is C11H13NO2. The number of carbonyl (C=O) groups excluding carboxylic acids is 1. The first-order chi connectivity index (χ1) is 6.68. The minimum absolute atomic E-state index is 0.0788. The molecule has 1 aromatic carbocycles. The van der Waals surface area contributed by atoms with E-state index in [0.29, 0.717) is 0 Å². The van der Waals surface area contributed by atoms with Crippen molar-refractivity contribution in [1.82, 2.24) is 5.06 Å². The summed E-state index contributed by atoms with van der Waals surface area (Å²) in [6.07, 6.45) is 1.51. The van der Waals surface area contributed by atoms with Gasteiger partial charge in [0.15, 0.2) is 0 Å². The molecule has 0 saturated carbocycles. The summed E-state index contributed by atoms with van der Waals surface area (Å²) in [6.45, 7) is 1.38. The second kappa shape index (κ2) is 3.42. The van der Waals surface area contributed by atoms with Crippen LogP contribution in [-0.2, 0) is 17.6 Å². The van der Waals surface area contributed by atoms with E-state index in [0.717, 1.165) is 17.9 Å². The third kappa shape index (κ3) is 1.51. The Morgan fingerprint density at radius 2 is 1.86 bits per heavy atom. The average molecular weight is 191 g/mol. The monoisotopic (exact) mass is 191 g/mol. The normalized spacial score (nSPS) is 15.3. The van der Waals surface area contributed by atoms with Crippen molar-refractivity contribution in [2.24, 2.45) is 0 Å². The van der Waals surface area contributed by atoms with Crippen LogP contribution in [0.5, 0.6) is 0 Å². The van der Waals surface area contributed by atoms with Crippen LogP contribution in [0.25, 0.3) is 0 Å². The van der Waals surface area contributed by atoms with Crippen LogP contribution in [0.15, 0.2) is 24.3 Å². The van der Waals surface area contributed by atoms with Crippen LogP contribution in [0.2, 0.25) is 0 Å². The maximum absolute atomic E-state index is 11.0. The van der Waals surface area contributed by atoms with Crippen LogP contribution in [0.3, 0.4) is 0 Å². The predicted octanol–water partition coefficient (Wildman–Crippen LogP) is 1.39. The minimum atomic E-state index is -0.289. The van der Waals surface area contributed by atoms with Crippen molar-refractivity contribution in [2.45, 2.75) is 25.8 Å². The Morgan fingerprint density at radius 1 is 1.36 bits per heavy atom. The molecule has 0 saturated heterocycles. The summed E-state index contributed by atoms with van der Waals surface area (Å²) in [5.74, 6) is -0.289. The second-order valence-corrected chi connectivity index (χ2v) is 3.69. The summed E-state index contributed by atoms with van der Waals surface area (Å²) in [4.78, 5) is 11.0. The highest BCUT2D eigenvalue weighted by Crippen LogP contribution is 2.24. The fourth-order valence-corrected chi connectivity index (χ4v) is 1.97. The van der Waals surface area contributed by atoms with E-state index >= 15 is 0 Å². The van der Waals surface area contributed by atoms with Gasteiger partial charge in [-0.2, -0.15) is 0 Å². The van der Waals surface area contributed by atoms with Gasteiger partial charge >= 0.3 is 0 Å². The minimum Gasteiger partial charge on any atom is -0.286 e. The van der Waals surface area contributed by atoms with E-state index in [1.54, 1.807) is 0 Å². The Labute approximate surface area is 82.9 Å². The summed E-state index contributed by atoms with van der Waals surface area (Å²) in [5.41, 5.74) is 2.47. The molecule has 0 aliphatic heterocycles. The third-order valence-electron chi connectivity index (χ3n) is 2.70. The van der Waals surface area contributed by atoms with E-state index in [-0.39, 0.29) is 11.9 Å². The molecule has 0 radical (unpaired) electrons. The first-order valence-electron chi connectivity index (χ1n) is 4.74. The Bertz CT molecular complexity index is 337. The third-order valence-corrected chi connectivity index (χ3v) is 2.70. The van der Waals surface area contributed by atoms with Crippen LogP contribution in [0.1, 0.15) is 18.1 Å². The molecule has 14 heavy (non-hydrogen) atoms. The molecule has 0 unspecified atom stereocenters. The quantitative estimate of drug-likeness (QED) is 0.538. The topological polar surface area (TPSA) is 40.5 Å². The summed E-state index contributed by atoms with van der Waals surface area (Å²) < 4.78 is 0. The highest BCUT2D eigenvalue weighted by atomic mass is 16.5. The zero-order valence-electron chi connectivity index (χ0n) is 8.10. The lowest BCUT2D eigenvalue weighted by molar-refractivity contribution is -0.172. The molecule has 0 aromatic heterocycles. The molecule has 2 rings (SSSR count). The molecule has 0 atom stereocenters.